The van der Waals surface area contributed by atoms with E-state index < -0.39 is 0 Å². The van der Waals surface area contributed by atoms with Gasteiger partial charge in [0, 0.05) is 11.9 Å². The summed E-state index contributed by atoms with van der Waals surface area (Å²) in [5.74, 6) is 0.0147. The van der Waals surface area contributed by atoms with E-state index in [1.54, 1.807) is 0 Å². The first-order valence-corrected chi connectivity index (χ1v) is 4.57. The lowest BCUT2D eigenvalue weighted by Crippen LogP contribution is -2.18. The molecule has 0 saturated heterocycles. The molecule has 1 rings (SSSR count). The van der Waals surface area contributed by atoms with Crippen LogP contribution < -0.4 is 0 Å². The summed E-state index contributed by atoms with van der Waals surface area (Å²) in [4.78, 5) is 15.6. The zero-order valence-electron chi connectivity index (χ0n) is 8.33. The minimum Gasteiger partial charge on any atom is -0.463 e. The van der Waals surface area contributed by atoms with Crippen LogP contribution >= 0.6 is 0 Å². The SMILES string of the molecule is CCOC(=O)C1=C(C)N=CCC1C. The molecule has 1 atom stereocenters. The van der Waals surface area contributed by atoms with Crippen molar-refractivity contribution in [2.75, 3.05) is 6.61 Å². The van der Waals surface area contributed by atoms with Crippen molar-refractivity contribution in [3.63, 3.8) is 0 Å². The zero-order valence-corrected chi connectivity index (χ0v) is 8.33. The number of allylic oxidation sites excluding steroid dienone is 1. The number of esters is 1. The third-order valence-corrected chi connectivity index (χ3v) is 2.12. The molecular weight excluding hydrogens is 166 g/mol. The molecule has 0 aromatic rings. The summed E-state index contributed by atoms with van der Waals surface area (Å²) < 4.78 is 4.95. The molecular formula is C10H15NO2. The largest absolute Gasteiger partial charge is 0.463 e. The Labute approximate surface area is 78.5 Å². The van der Waals surface area contributed by atoms with Crippen LogP contribution in [0.1, 0.15) is 27.2 Å². The second-order valence-electron chi connectivity index (χ2n) is 3.17. The van der Waals surface area contributed by atoms with E-state index in [-0.39, 0.29) is 11.9 Å². The van der Waals surface area contributed by atoms with Gasteiger partial charge in [0.1, 0.15) is 0 Å². The van der Waals surface area contributed by atoms with Crippen molar-refractivity contribution in [3.05, 3.63) is 11.3 Å². The summed E-state index contributed by atoms with van der Waals surface area (Å²) in [5, 5.41) is 0. The average molecular weight is 181 g/mol. The lowest BCUT2D eigenvalue weighted by Gasteiger charge is -2.17. The quantitative estimate of drug-likeness (QED) is 0.610. The van der Waals surface area contributed by atoms with Crippen molar-refractivity contribution in [1.29, 1.82) is 0 Å². The first kappa shape index (κ1) is 9.96. The average Bonchev–Trinajstić information content (AvgIpc) is 2.04. The van der Waals surface area contributed by atoms with Crippen LogP contribution in [0, 0.1) is 5.92 Å². The molecule has 1 aliphatic heterocycles. The van der Waals surface area contributed by atoms with E-state index in [4.69, 9.17) is 4.74 Å². The van der Waals surface area contributed by atoms with Crippen LogP contribution in [0.2, 0.25) is 0 Å². The van der Waals surface area contributed by atoms with E-state index in [0.717, 1.165) is 17.7 Å². The molecule has 1 heterocycles. The topological polar surface area (TPSA) is 38.7 Å². The standard InChI is InChI=1S/C10H15NO2/c1-4-13-10(12)9-7(2)5-6-11-8(9)3/h6-7H,4-5H2,1-3H3. The molecule has 0 amide bonds. The van der Waals surface area contributed by atoms with Gasteiger partial charge in [-0.15, -0.1) is 0 Å². The van der Waals surface area contributed by atoms with Gasteiger partial charge in [0.2, 0.25) is 0 Å². The highest BCUT2D eigenvalue weighted by molar-refractivity contribution is 5.91. The fraction of sp³-hybridized carbons (Fsp3) is 0.600. The molecule has 0 bridgehead atoms. The molecule has 1 aliphatic rings. The van der Waals surface area contributed by atoms with Gasteiger partial charge in [-0.05, 0) is 26.2 Å². The fourth-order valence-electron chi connectivity index (χ4n) is 1.45. The summed E-state index contributed by atoms with van der Waals surface area (Å²) >= 11 is 0. The molecule has 0 aromatic carbocycles. The van der Waals surface area contributed by atoms with Gasteiger partial charge >= 0.3 is 5.97 Å². The van der Waals surface area contributed by atoms with Crippen LogP contribution in [0.15, 0.2) is 16.3 Å². The third kappa shape index (κ3) is 2.17. The van der Waals surface area contributed by atoms with E-state index in [0.29, 0.717) is 6.61 Å². The molecule has 13 heavy (non-hydrogen) atoms. The van der Waals surface area contributed by atoms with Gasteiger partial charge < -0.3 is 4.74 Å². The highest BCUT2D eigenvalue weighted by Crippen LogP contribution is 2.23. The number of ether oxygens (including phenoxy) is 1. The Hall–Kier alpha value is -1.12. The maximum absolute atomic E-state index is 11.5. The summed E-state index contributed by atoms with van der Waals surface area (Å²) in [6, 6.07) is 0. The van der Waals surface area contributed by atoms with Gasteiger partial charge in [-0.25, -0.2) is 4.79 Å². The van der Waals surface area contributed by atoms with Crippen molar-refractivity contribution in [2.24, 2.45) is 10.9 Å². The smallest absolute Gasteiger partial charge is 0.336 e. The minimum absolute atomic E-state index is 0.218. The second kappa shape index (κ2) is 4.21. The van der Waals surface area contributed by atoms with Crippen LogP contribution in [0.3, 0.4) is 0 Å². The molecule has 0 spiro atoms. The fourth-order valence-corrected chi connectivity index (χ4v) is 1.45. The van der Waals surface area contributed by atoms with Crippen LogP contribution in [-0.2, 0) is 9.53 Å². The summed E-state index contributed by atoms with van der Waals surface area (Å²) in [7, 11) is 0. The maximum atomic E-state index is 11.5. The van der Waals surface area contributed by atoms with E-state index in [1.165, 1.54) is 0 Å². The van der Waals surface area contributed by atoms with Gasteiger partial charge in [-0.1, -0.05) is 6.92 Å². The first-order chi connectivity index (χ1) is 6.16. The Morgan fingerprint density at radius 2 is 2.46 bits per heavy atom. The van der Waals surface area contributed by atoms with Crippen LogP contribution in [0.25, 0.3) is 0 Å². The molecule has 0 radical (unpaired) electrons. The van der Waals surface area contributed by atoms with Gasteiger partial charge in [-0.3, -0.25) is 4.99 Å². The second-order valence-corrected chi connectivity index (χ2v) is 3.17. The minimum atomic E-state index is -0.218. The van der Waals surface area contributed by atoms with Crippen molar-refractivity contribution >= 4 is 12.2 Å². The highest BCUT2D eigenvalue weighted by Gasteiger charge is 2.22. The van der Waals surface area contributed by atoms with Crippen molar-refractivity contribution in [3.8, 4) is 0 Å². The van der Waals surface area contributed by atoms with E-state index >= 15 is 0 Å². The predicted octanol–water partition coefficient (Wildman–Crippen LogP) is 1.93. The molecule has 72 valence electrons. The van der Waals surface area contributed by atoms with Gasteiger partial charge in [-0.2, -0.15) is 0 Å². The Morgan fingerprint density at radius 3 is 3.00 bits per heavy atom. The van der Waals surface area contributed by atoms with Crippen molar-refractivity contribution in [2.45, 2.75) is 27.2 Å². The molecule has 1 unspecified atom stereocenters. The lowest BCUT2D eigenvalue weighted by atomic mass is 9.94. The number of aliphatic imine (C=N–C) groups is 1. The molecule has 0 fully saturated rings. The lowest BCUT2D eigenvalue weighted by molar-refractivity contribution is -0.139. The molecule has 3 heteroatoms. The normalized spacial score (nSPS) is 21.9. The third-order valence-electron chi connectivity index (χ3n) is 2.12. The molecule has 0 saturated carbocycles. The molecule has 0 aliphatic carbocycles. The highest BCUT2D eigenvalue weighted by atomic mass is 16.5. The van der Waals surface area contributed by atoms with Crippen molar-refractivity contribution in [1.82, 2.24) is 0 Å². The molecule has 0 N–H and O–H groups in total. The number of nitrogens with zero attached hydrogens (tertiary/aromatic N) is 1. The van der Waals surface area contributed by atoms with Crippen molar-refractivity contribution < 1.29 is 9.53 Å². The van der Waals surface area contributed by atoms with E-state index in [2.05, 4.69) is 4.99 Å². The monoisotopic (exact) mass is 181 g/mol. The van der Waals surface area contributed by atoms with Crippen LogP contribution in [-0.4, -0.2) is 18.8 Å². The van der Waals surface area contributed by atoms with Gasteiger partial charge in [0.15, 0.2) is 0 Å². The maximum Gasteiger partial charge on any atom is 0.336 e. The Kier molecular flexibility index (Phi) is 3.23. The zero-order chi connectivity index (χ0) is 9.84. The predicted molar refractivity (Wildman–Crippen MR) is 51.6 cm³/mol. The molecule has 0 aromatic heterocycles. The summed E-state index contributed by atoms with van der Waals surface area (Å²) in [6.45, 7) is 6.09. The Bertz CT molecular complexity index is 266. The van der Waals surface area contributed by atoms with E-state index in [9.17, 15) is 4.79 Å². The number of carbonyl (C=O) groups excluding carboxylic acids is 1. The molecule has 3 nitrogen and oxygen atoms in total. The van der Waals surface area contributed by atoms with E-state index in [1.807, 2.05) is 27.0 Å². The summed E-state index contributed by atoms with van der Waals surface area (Å²) in [5.41, 5.74) is 1.52. The first-order valence-electron chi connectivity index (χ1n) is 4.57. The van der Waals surface area contributed by atoms with Crippen LogP contribution in [0.5, 0.6) is 0 Å². The number of carbonyl (C=O) groups is 1. The number of hydrogen-bond donors (Lipinski definition) is 0. The Morgan fingerprint density at radius 1 is 1.77 bits per heavy atom. The van der Waals surface area contributed by atoms with Gasteiger partial charge in [0.25, 0.3) is 0 Å². The summed E-state index contributed by atoms with van der Waals surface area (Å²) in [6.07, 6.45) is 2.67. The van der Waals surface area contributed by atoms with Gasteiger partial charge in [0.05, 0.1) is 12.2 Å². The number of rotatable bonds is 2. The van der Waals surface area contributed by atoms with Crippen LogP contribution in [0.4, 0.5) is 0 Å². The Balaban J connectivity index is 2.85. The number of hydrogen-bond acceptors (Lipinski definition) is 3.